The summed E-state index contributed by atoms with van der Waals surface area (Å²) in [6, 6.07) is 0.793. The second-order valence-corrected chi connectivity index (χ2v) is 9.45. The monoisotopic (exact) mass is 307 g/mol. The van der Waals surface area contributed by atoms with Crippen LogP contribution in [0.15, 0.2) is 0 Å². The zero-order valence-corrected chi connectivity index (χ0v) is 15.1. The molecule has 1 aliphatic heterocycles. The molecule has 2 saturated carbocycles. The van der Waals surface area contributed by atoms with E-state index in [9.17, 15) is 0 Å². The second-order valence-electron chi connectivity index (χ2n) is 9.45. The summed E-state index contributed by atoms with van der Waals surface area (Å²) in [4.78, 5) is 0. The van der Waals surface area contributed by atoms with E-state index in [4.69, 9.17) is 4.74 Å². The lowest BCUT2D eigenvalue weighted by Gasteiger charge is -2.41. The summed E-state index contributed by atoms with van der Waals surface area (Å²) in [5, 5.41) is 3.84. The summed E-state index contributed by atoms with van der Waals surface area (Å²) < 4.78 is 6.35. The van der Waals surface area contributed by atoms with Crippen molar-refractivity contribution in [1.82, 2.24) is 5.32 Å². The van der Waals surface area contributed by atoms with Gasteiger partial charge in [0, 0.05) is 12.6 Å². The van der Waals surface area contributed by atoms with Crippen LogP contribution in [-0.4, -0.2) is 24.8 Å². The maximum atomic E-state index is 6.35. The SMILES string of the molecule is CC(C)(C)C1CCC2(CC1)CC(CNC1CCCCC1)CO2. The van der Waals surface area contributed by atoms with Gasteiger partial charge in [0.05, 0.1) is 12.2 Å². The molecule has 22 heavy (non-hydrogen) atoms. The molecule has 3 fully saturated rings. The molecular weight excluding hydrogens is 270 g/mol. The lowest BCUT2D eigenvalue weighted by molar-refractivity contribution is -0.0466. The first-order valence-corrected chi connectivity index (χ1v) is 9.84. The Labute approximate surface area is 137 Å². The van der Waals surface area contributed by atoms with Crippen molar-refractivity contribution in [2.75, 3.05) is 13.2 Å². The van der Waals surface area contributed by atoms with Crippen LogP contribution in [0.2, 0.25) is 0 Å². The average molecular weight is 308 g/mol. The van der Waals surface area contributed by atoms with E-state index < -0.39 is 0 Å². The van der Waals surface area contributed by atoms with E-state index in [0.717, 1.165) is 24.5 Å². The van der Waals surface area contributed by atoms with Crippen LogP contribution in [0, 0.1) is 17.3 Å². The van der Waals surface area contributed by atoms with E-state index in [1.165, 1.54) is 70.8 Å². The van der Waals surface area contributed by atoms with Gasteiger partial charge in [0.25, 0.3) is 0 Å². The Morgan fingerprint density at radius 3 is 2.32 bits per heavy atom. The van der Waals surface area contributed by atoms with Gasteiger partial charge in [-0.05, 0) is 62.2 Å². The third-order valence-electron chi connectivity index (χ3n) is 6.71. The molecule has 1 saturated heterocycles. The molecule has 1 heterocycles. The van der Waals surface area contributed by atoms with E-state index in [1.807, 2.05) is 0 Å². The van der Waals surface area contributed by atoms with Gasteiger partial charge in [-0.1, -0.05) is 40.0 Å². The fraction of sp³-hybridized carbons (Fsp3) is 1.00. The third kappa shape index (κ3) is 4.06. The Morgan fingerprint density at radius 1 is 1.00 bits per heavy atom. The summed E-state index contributed by atoms with van der Waals surface area (Å²) in [5.41, 5.74) is 0.725. The van der Waals surface area contributed by atoms with Crippen LogP contribution in [0.4, 0.5) is 0 Å². The Kier molecular flexibility index (Phi) is 5.19. The highest BCUT2D eigenvalue weighted by atomic mass is 16.5. The molecule has 2 nitrogen and oxygen atoms in total. The number of ether oxygens (including phenoxy) is 1. The molecule has 2 aliphatic carbocycles. The van der Waals surface area contributed by atoms with E-state index in [1.54, 1.807) is 0 Å². The predicted octanol–water partition coefficient (Wildman–Crippen LogP) is 4.92. The standard InChI is InChI=1S/C20H37NO/c1-19(2,3)17-9-11-20(12-10-17)13-16(15-22-20)14-21-18-7-5-4-6-8-18/h16-18,21H,4-15H2,1-3H3. The van der Waals surface area contributed by atoms with Crippen molar-refractivity contribution >= 4 is 0 Å². The molecular formula is C20H37NO. The van der Waals surface area contributed by atoms with Crippen LogP contribution in [-0.2, 0) is 4.74 Å². The maximum absolute atomic E-state index is 6.35. The quantitative estimate of drug-likeness (QED) is 0.799. The smallest absolute Gasteiger partial charge is 0.0686 e. The van der Waals surface area contributed by atoms with Crippen LogP contribution in [0.3, 0.4) is 0 Å². The number of hydrogen-bond donors (Lipinski definition) is 1. The molecule has 3 rings (SSSR count). The first-order valence-electron chi connectivity index (χ1n) is 9.84. The summed E-state index contributed by atoms with van der Waals surface area (Å²) in [6.45, 7) is 9.40. The van der Waals surface area contributed by atoms with Crippen molar-refractivity contribution in [2.45, 2.75) is 96.6 Å². The Hall–Kier alpha value is -0.0800. The lowest BCUT2D eigenvalue weighted by atomic mass is 9.67. The van der Waals surface area contributed by atoms with E-state index in [-0.39, 0.29) is 5.60 Å². The topological polar surface area (TPSA) is 21.3 Å². The van der Waals surface area contributed by atoms with Crippen molar-refractivity contribution in [2.24, 2.45) is 17.3 Å². The minimum absolute atomic E-state index is 0.251. The molecule has 128 valence electrons. The summed E-state index contributed by atoms with van der Waals surface area (Å²) >= 11 is 0. The van der Waals surface area contributed by atoms with Crippen LogP contribution < -0.4 is 5.32 Å². The van der Waals surface area contributed by atoms with Crippen LogP contribution >= 0.6 is 0 Å². The first-order chi connectivity index (χ1) is 10.5. The Balaban J connectivity index is 1.42. The highest BCUT2D eigenvalue weighted by Gasteiger charge is 2.44. The molecule has 1 spiro atoms. The Bertz CT molecular complexity index is 345. The van der Waals surface area contributed by atoms with Crippen molar-refractivity contribution in [3.63, 3.8) is 0 Å². The third-order valence-corrected chi connectivity index (χ3v) is 6.71. The zero-order valence-electron chi connectivity index (χ0n) is 15.1. The van der Waals surface area contributed by atoms with Gasteiger partial charge in [-0.2, -0.15) is 0 Å². The molecule has 0 aromatic carbocycles. The summed E-state index contributed by atoms with van der Waals surface area (Å²) in [6.07, 6.45) is 13.7. The van der Waals surface area contributed by atoms with Crippen molar-refractivity contribution < 1.29 is 4.74 Å². The van der Waals surface area contributed by atoms with Crippen LogP contribution in [0.25, 0.3) is 0 Å². The summed E-state index contributed by atoms with van der Waals surface area (Å²) in [5.74, 6) is 1.65. The van der Waals surface area contributed by atoms with E-state index in [0.29, 0.717) is 5.41 Å². The van der Waals surface area contributed by atoms with E-state index >= 15 is 0 Å². The zero-order chi connectivity index (χ0) is 15.6. The molecule has 2 heteroatoms. The second kappa shape index (κ2) is 6.81. The molecule has 0 aromatic rings. The molecule has 1 N–H and O–H groups in total. The highest BCUT2D eigenvalue weighted by molar-refractivity contribution is 4.95. The average Bonchev–Trinajstić information content (AvgIpc) is 2.89. The predicted molar refractivity (Wildman–Crippen MR) is 93.1 cm³/mol. The normalized spacial score (nSPS) is 37.8. The van der Waals surface area contributed by atoms with Crippen LogP contribution in [0.5, 0.6) is 0 Å². The van der Waals surface area contributed by atoms with Gasteiger partial charge in [0.15, 0.2) is 0 Å². The van der Waals surface area contributed by atoms with Gasteiger partial charge < -0.3 is 10.1 Å². The highest BCUT2D eigenvalue weighted by Crippen LogP contribution is 2.47. The van der Waals surface area contributed by atoms with Crippen molar-refractivity contribution in [3.05, 3.63) is 0 Å². The summed E-state index contributed by atoms with van der Waals surface area (Å²) in [7, 11) is 0. The number of rotatable bonds is 3. The van der Waals surface area contributed by atoms with Gasteiger partial charge in [-0.15, -0.1) is 0 Å². The molecule has 3 aliphatic rings. The molecule has 1 atom stereocenters. The van der Waals surface area contributed by atoms with Gasteiger partial charge in [-0.25, -0.2) is 0 Å². The fourth-order valence-electron chi connectivity index (χ4n) is 5.07. The Morgan fingerprint density at radius 2 is 1.68 bits per heavy atom. The first kappa shape index (κ1) is 16.8. The van der Waals surface area contributed by atoms with E-state index in [2.05, 4.69) is 26.1 Å². The van der Waals surface area contributed by atoms with Gasteiger partial charge in [0.2, 0.25) is 0 Å². The molecule has 0 aromatic heterocycles. The number of nitrogens with one attached hydrogen (secondary N) is 1. The lowest BCUT2D eigenvalue weighted by Crippen LogP contribution is -2.38. The maximum Gasteiger partial charge on any atom is 0.0686 e. The minimum Gasteiger partial charge on any atom is -0.375 e. The van der Waals surface area contributed by atoms with Crippen molar-refractivity contribution in [3.8, 4) is 0 Å². The van der Waals surface area contributed by atoms with Gasteiger partial charge >= 0.3 is 0 Å². The molecule has 0 radical (unpaired) electrons. The number of hydrogen-bond acceptors (Lipinski definition) is 2. The minimum atomic E-state index is 0.251. The van der Waals surface area contributed by atoms with Gasteiger partial charge in [0.1, 0.15) is 0 Å². The van der Waals surface area contributed by atoms with Gasteiger partial charge in [-0.3, -0.25) is 0 Å². The molecule has 1 unspecified atom stereocenters. The molecule has 0 bridgehead atoms. The fourth-order valence-corrected chi connectivity index (χ4v) is 5.07. The largest absolute Gasteiger partial charge is 0.375 e. The van der Waals surface area contributed by atoms with Crippen LogP contribution in [0.1, 0.15) is 85.0 Å². The van der Waals surface area contributed by atoms with Crippen molar-refractivity contribution in [1.29, 1.82) is 0 Å². The molecule has 0 amide bonds.